The van der Waals surface area contributed by atoms with Crippen LogP contribution >= 0.6 is 0 Å². The van der Waals surface area contributed by atoms with Crippen molar-refractivity contribution in [3.05, 3.63) is 6.92 Å². The summed E-state index contributed by atoms with van der Waals surface area (Å²) < 4.78 is 4.93. The first-order valence-corrected chi connectivity index (χ1v) is 3.71. The molecular weight excluding hydrogens is 162 g/mol. The van der Waals surface area contributed by atoms with Crippen molar-refractivity contribution < 1.29 is 20.1 Å². The van der Waals surface area contributed by atoms with E-state index in [0.717, 1.165) is 0 Å². The van der Waals surface area contributed by atoms with Gasteiger partial charge in [-0.2, -0.15) is 0 Å². The van der Waals surface area contributed by atoms with Gasteiger partial charge in [0.25, 0.3) is 0 Å². The van der Waals surface area contributed by atoms with Gasteiger partial charge in [-0.15, -0.1) is 0 Å². The third-order valence-corrected chi connectivity index (χ3v) is 1.97. The minimum absolute atomic E-state index is 0.318. The van der Waals surface area contributed by atoms with Gasteiger partial charge in [-0.3, -0.25) is 0 Å². The Labute approximate surface area is 70.8 Å². The Morgan fingerprint density at radius 1 is 1.42 bits per heavy atom. The van der Waals surface area contributed by atoms with Crippen LogP contribution in [0.2, 0.25) is 0 Å². The second-order valence-electron chi connectivity index (χ2n) is 2.89. The average Bonchev–Trinajstić information content (AvgIpc) is 2.32. The second-order valence-corrected chi connectivity index (χ2v) is 2.89. The number of ether oxygens (including phenoxy) is 1. The molecule has 2 radical (unpaired) electrons. The number of rotatable bonds is 2. The smallest absolute Gasteiger partial charge is 0.110 e. The normalized spacial score (nSPS) is 44.8. The van der Waals surface area contributed by atoms with Crippen molar-refractivity contribution in [3.63, 3.8) is 0 Å². The van der Waals surface area contributed by atoms with Crippen LogP contribution in [0.5, 0.6) is 0 Å². The predicted molar refractivity (Wildman–Crippen MR) is 40.0 cm³/mol. The van der Waals surface area contributed by atoms with Crippen LogP contribution in [0.15, 0.2) is 0 Å². The predicted octanol–water partition coefficient (Wildman–Crippen LogP) is -2.49. The minimum atomic E-state index is -1.13. The highest BCUT2D eigenvalue weighted by atomic mass is 16.5. The van der Waals surface area contributed by atoms with Gasteiger partial charge in [0.05, 0.1) is 18.8 Å². The van der Waals surface area contributed by atoms with Crippen LogP contribution in [0.1, 0.15) is 0 Å². The van der Waals surface area contributed by atoms with Crippen molar-refractivity contribution in [2.45, 2.75) is 30.5 Å². The van der Waals surface area contributed by atoms with Gasteiger partial charge in [0.15, 0.2) is 0 Å². The molecule has 1 unspecified atom stereocenters. The fourth-order valence-electron chi connectivity index (χ4n) is 1.19. The molecule has 5 heteroatoms. The number of nitrogens with two attached hydrogens (primary N) is 1. The highest BCUT2D eigenvalue weighted by molar-refractivity contribution is 4.95. The van der Waals surface area contributed by atoms with Crippen molar-refractivity contribution in [3.8, 4) is 0 Å². The molecule has 12 heavy (non-hydrogen) atoms. The molecule has 0 spiro atoms. The topological polar surface area (TPSA) is 95.9 Å². The molecule has 1 aliphatic heterocycles. The van der Waals surface area contributed by atoms with Crippen molar-refractivity contribution in [2.75, 3.05) is 6.61 Å². The Kier molecular flexibility index (Phi) is 3.03. The summed E-state index contributed by atoms with van der Waals surface area (Å²) in [5.41, 5.74) is 5.39. The van der Waals surface area contributed by atoms with E-state index in [2.05, 4.69) is 0 Å². The van der Waals surface area contributed by atoms with Crippen LogP contribution in [-0.2, 0) is 4.74 Å². The Morgan fingerprint density at radius 3 is 2.33 bits per heavy atom. The third kappa shape index (κ3) is 1.60. The molecule has 0 aromatic rings. The molecule has 1 heterocycles. The zero-order chi connectivity index (χ0) is 9.30. The molecule has 5 atom stereocenters. The fourth-order valence-corrected chi connectivity index (χ4v) is 1.19. The van der Waals surface area contributed by atoms with Crippen molar-refractivity contribution >= 4 is 0 Å². The lowest BCUT2D eigenvalue weighted by atomic mass is 10.0. The van der Waals surface area contributed by atoms with Crippen molar-refractivity contribution in [2.24, 2.45) is 5.73 Å². The maximum Gasteiger partial charge on any atom is 0.110 e. The van der Waals surface area contributed by atoms with Crippen LogP contribution in [-0.4, -0.2) is 52.4 Å². The molecule has 1 rings (SSSR count). The molecule has 1 fully saturated rings. The maximum atomic E-state index is 9.28. The number of aliphatic hydroxyl groups is 3. The minimum Gasteiger partial charge on any atom is -0.395 e. The number of aliphatic hydroxyl groups excluding tert-OH is 3. The molecule has 5 N–H and O–H groups in total. The zero-order valence-electron chi connectivity index (χ0n) is 6.50. The van der Waals surface area contributed by atoms with E-state index in [1.54, 1.807) is 0 Å². The summed E-state index contributed by atoms with van der Waals surface area (Å²) in [5.74, 6) is 0. The van der Waals surface area contributed by atoms with Crippen LogP contribution in [0.3, 0.4) is 0 Å². The molecule has 0 aliphatic carbocycles. The van der Waals surface area contributed by atoms with Crippen LogP contribution in [0, 0.1) is 6.92 Å². The van der Waals surface area contributed by atoms with Crippen LogP contribution in [0.4, 0.5) is 0 Å². The van der Waals surface area contributed by atoms with E-state index in [4.69, 9.17) is 27.6 Å². The average molecular weight is 175 g/mol. The van der Waals surface area contributed by atoms with Gasteiger partial charge >= 0.3 is 0 Å². The van der Waals surface area contributed by atoms with Gasteiger partial charge in [0, 0.05) is 0 Å². The Morgan fingerprint density at radius 2 is 2.00 bits per heavy atom. The highest BCUT2D eigenvalue weighted by Gasteiger charge is 2.42. The lowest BCUT2D eigenvalue weighted by Crippen LogP contribution is -2.45. The van der Waals surface area contributed by atoms with E-state index >= 15 is 0 Å². The molecule has 70 valence electrons. The van der Waals surface area contributed by atoms with Gasteiger partial charge in [-0.25, -0.2) is 0 Å². The summed E-state index contributed by atoms with van der Waals surface area (Å²) in [7, 11) is 0. The molecule has 1 aliphatic rings. The Balaban J connectivity index is 2.58. The second kappa shape index (κ2) is 3.68. The van der Waals surface area contributed by atoms with Gasteiger partial charge in [0.2, 0.25) is 0 Å². The molecular formula is C7H13NO4. The maximum absolute atomic E-state index is 9.28. The zero-order valence-corrected chi connectivity index (χ0v) is 6.50. The molecule has 0 amide bonds. The summed E-state index contributed by atoms with van der Waals surface area (Å²) in [6.07, 6.45) is -3.97. The van der Waals surface area contributed by atoms with E-state index < -0.39 is 30.5 Å². The lowest BCUT2D eigenvalue weighted by Gasteiger charge is -2.19. The first-order chi connectivity index (χ1) is 5.57. The van der Waals surface area contributed by atoms with Crippen LogP contribution < -0.4 is 5.73 Å². The molecule has 0 saturated carbocycles. The van der Waals surface area contributed by atoms with Crippen molar-refractivity contribution in [1.82, 2.24) is 0 Å². The van der Waals surface area contributed by atoms with Gasteiger partial charge in [-0.1, -0.05) is 0 Å². The first kappa shape index (κ1) is 9.88. The monoisotopic (exact) mass is 175 g/mol. The van der Waals surface area contributed by atoms with Crippen molar-refractivity contribution in [1.29, 1.82) is 0 Å². The van der Waals surface area contributed by atoms with Gasteiger partial charge < -0.3 is 25.8 Å². The number of hydrogen-bond donors (Lipinski definition) is 4. The van der Waals surface area contributed by atoms with E-state index in [-0.39, 0.29) is 6.61 Å². The largest absolute Gasteiger partial charge is 0.395 e. The molecule has 0 bridgehead atoms. The van der Waals surface area contributed by atoms with E-state index in [0.29, 0.717) is 0 Å². The lowest BCUT2D eigenvalue weighted by molar-refractivity contribution is -0.00575. The fraction of sp³-hybridized carbons (Fsp3) is 0.857. The summed E-state index contributed by atoms with van der Waals surface area (Å²) in [4.78, 5) is 0. The summed E-state index contributed by atoms with van der Waals surface area (Å²) in [5, 5.41) is 27.1. The Hall–Kier alpha value is -0.200. The summed E-state index contributed by atoms with van der Waals surface area (Å²) >= 11 is 0. The van der Waals surface area contributed by atoms with E-state index in [9.17, 15) is 5.11 Å². The molecule has 5 nitrogen and oxygen atoms in total. The van der Waals surface area contributed by atoms with Gasteiger partial charge in [0.1, 0.15) is 18.3 Å². The highest BCUT2D eigenvalue weighted by Crippen LogP contribution is 2.22. The van der Waals surface area contributed by atoms with Crippen LogP contribution in [0.25, 0.3) is 0 Å². The van der Waals surface area contributed by atoms with Gasteiger partial charge in [-0.05, 0) is 6.92 Å². The third-order valence-electron chi connectivity index (χ3n) is 1.97. The molecule has 0 aromatic carbocycles. The summed E-state index contributed by atoms with van der Waals surface area (Å²) in [6, 6.07) is -0.719. The van der Waals surface area contributed by atoms with E-state index in [1.165, 1.54) is 0 Å². The number of hydrogen-bond acceptors (Lipinski definition) is 5. The summed E-state index contributed by atoms with van der Waals surface area (Å²) in [6.45, 7) is 4.96. The quantitative estimate of drug-likeness (QED) is 0.372. The van der Waals surface area contributed by atoms with E-state index in [1.807, 2.05) is 0 Å². The SMILES string of the molecule is [CH][C@@H]1O[C@@H]([C@@H](N)CO)[C@H](O)C1O. The standard InChI is InChI=1S/C7H13NO4/c1-3-5(10)6(11)7(12-3)4(8)2-9/h1,3-7,9-11H,2,8H2/t3-,4-,5?,6+,7-/m0/s1. The first-order valence-electron chi connectivity index (χ1n) is 3.71. The molecule has 0 aromatic heterocycles. The molecule has 1 saturated heterocycles. The Bertz CT molecular complexity index is 154.